The summed E-state index contributed by atoms with van der Waals surface area (Å²) in [5.41, 5.74) is 6.74. The van der Waals surface area contributed by atoms with Crippen LogP contribution in [0.15, 0.2) is 24.3 Å². The van der Waals surface area contributed by atoms with E-state index in [1.54, 1.807) is 0 Å². The first kappa shape index (κ1) is 14.9. The van der Waals surface area contributed by atoms with Crippen molar-refractivity contribution in [3.05, 3.63) is 29.8 Å². The highest BCUT2D eigenvalue weighted by Gasteiger charge is 2.39. The quantitative estimate of drug-likeness (QED) is 0.838. The van der Waals surface area contributed by atoms with Gasteiger partial charge in [-0.3, -0.25) is 0 Å². The molecule has 3 unspecified atom stereocenters. The summed E-state index contributed by atoms with van der Waals surface area (Å²) >= 11 is 0. The molecule has 2 aliphatic carbocycles. The van der Waals surface area contributed by atoms with Crippen molar-refractivity contribution in [3.63, 3.8) is 0 Å². The van der Waals surface area contributed by atoms with Crippen LogP contribution < -0.4 is 10.5 Å². The standard InChI is InChI=1S/C18H28N2O/c1-20(13-17-11-15-2-5-16(17)10-15)8-9-21-18-6-3-14(12-19)4-7-18/h3-4,6-7,15-17H,2,5,8-13,19H2,1H3. The Morgan fingerprint density at radius 2 is 2.00 bits per heavy atom. The number of benzene rings is 1. The lowest BCUT2D eigenvalue weighted by atomic mass is 9.88. The summed E-state index contributed by atoms with van der Waals surface area (Å²) in [7, 11) is 2.23. The molecule has 3 rings (SSSR count). The van der Waals surface area contributed by atoms with Crippen molar-refractivity contribution in [2.75, 3.05) is 26.7 Å². The van der Waals surface area contributed by atoms with Crippen LogP contribution in [0.1, 0.15) is 31.2 Å². The van der Waals surface area contributed by atoms with E-state index in [-0.39, 0.29) is 0 Å². The fraction of sp³-hybridized carbons (Fsp3) is 0.667. The molecule has 1 aromatic carbocycles. The summed E-state index contributed by atoms with van der Waals surface area (Å²) in [6.07, 6.45) is 5.94. The molecule has 2 aliphatic rings. The molecular weight excluding hydrogens is 260 g/mol. The number of hydrogen-bond acceptors (Lipinski definition) is 3. The lowest BCUT2D eigenvalue weighted by Crippen LogP contribution is -2.31. The molecule has 0 amide bonds. The van der Waals surface area contributed by atoms with Crippen molar-refractivity contribution in [2.24, 2.45) is 23.5 Å². The maximum atomic E-state index is 5.82. The van der Waals surface area contributed by atoms with Gasteiger partial charge in [0.1, 0.15) is 12.4 Å². The van der Waals surface area contributed by atoms with Gasteiger partial charge in [0, 0.05) is 19.6 Å². The van der Waals surface area contributed by atoms with Gasteiger partial charge in [-0.25, -0.2) is 0 Å². The number of rotatable bonds is 7. The van der Waals surface area contributed by atoms with Gasteiger partial charge >= 0.3 is 0 Å². The van der Waals surface area contributed by atoms with Crippen molar-refractivity contribution < 1.29 is 4.74 Å². The van der Waals surface area contributed by atoms with E-state index in [9.17, 15) is 0 Å². The first-order chi connectivity index (χ1) is 10.2. The van der Waals surface area contributed by atoms with E-state index >= 15 is 0 Å². The van der Waals surface area contributed by atoms with Crippen molar-refractivity contribution in [2.45, 2.75) is 32.2 Å². The van der Waals surface area contributed by atoms with E-state index in [0.29, 0.717) is 6.54 Å². The number of likely N-dealkylation sites (N-methyl/N-ethyl adjacent to an activating group) is 1. The van der Waals surface area contributed by atoms with Gasteiger partial charge < -0.3 is 15.4 Å². The molecular formula is C18H28N2O. The van der Waals surface area contributed by atoms with E-state index in [2.05, 4.69) is 11.9 Å². The molecule has 0 saturated heterocycles. The summed E-state index contributed by atoms with van der Waals surface area (Å²) in [5.74, 6) is 3.95. The Morgan fingerprint density at radius 1 is 1.19 bits per heavy atom. The molecule has 1 aromatic rings. The summed E-state index contributed by atoms with van der Waals surface area (Å²) in [6, 6.07) is 8.10. The summed E-state index contributed by atoms with van der Waals surface area (Å²) in [6.45, 7) is 3.61. The third-order valence-electron chi connectivity index (χ3n) is 5.33. The molecule has 21 heavy (non-hydrogen) atoms. The van der Waals surface area contributed by atoms with Gasteiger partial charge in [-0.2, -0.15) is 0 Å². The third kappa shape index (κ3) is 3.78. The van der Waals surface area contributed by atoms with Crippen molar-refractivity contribution in [1.29, 1.82) is 0 Å². The number of ether oxygens (including phenoxy) is 1. The summed E-state index contributed by atoms with van der Waals surface area (Å²) < 4.78 is 5.82. The van der Waals surface area contributed by atoms with Crippen LogP contribution in [0.2, 0.25) is 0 Å². The molecule has 2 saturated carbocycles. The SMILES string of the molecule is CN(CCOc1ccc(CN)cc1)CC1CC2CCC1C2. The lowest BCUT2D eigenvalue weighted by Gasteiger charge is -2.27. The monoisotopic (exact) mass is 288 g/mol. The van der Waals surface area contributed by atoms with E-state index in [1.165, 1.54) is 32.2 Å². The Balaban J connectivity index is 1.36. The maximum absolute atomic E-state index is 5.82. The second kappa shape index (κ2) is 6.80. The Labute approximate surface area is 128 Å². The summed E-state index contributed by atoms with van der Waals surface area (Å²) in [5, 5.41) is 0. The number of fused-ring (bicyclic) bond motifs is 2. The molecule has 2 N–H and O–H groups in total. The lowest BCUT2D eigenvalue weighted by molar-refractivity contribution is 0.187. The Bertz CT molecular complexity index is 445. The molecule has 3 atom stereocenters. The number of hydrogen-bond donors (Lipinski definition) is 1. The molecule has 2 bridgehead atoms. The van der Waals surface area contributed by atoms with Crippen molar-refractivity contribution >= 4 is 0 Å². The predicted octanol–water partition coefficient (Wildman–Crippen LogP) is 2.89. The molecule has 0 spiro atoms. The zero-order valence-electron chi connectivity index (χ0n) is 13.1. The zero-order chi connectivity index (χ0) is 14.7. The fourth-order valence-electron chi connectivity index (χ4n) is 4.13. The average Bonchev–Trinajstić information content (AvgIpc) is 3.10. The van der Waals surface area contributed by atoms with Crippen LogP contribution in [-0.2, 0) is 6.54 Å². The van der Waals surface area contributed by atoms with Crippen LogP contribution in [-0.4, -0.2) is 31.6 Å². The average molecular weight is 288 g/mol. The van der Waals surface area contributed by atoms with Gasteiger partial charge in [0.2, 0.25) is 0 Å². The highest BCUT2D eigenvalue weighted by molar-refractivity contribution is 5.27. The van der Waals surface area contributed by atoms with Crippen LogP contribution in [0.25, 0.3) is 0 Å². The second-order valence-electron chi connectivity index (χ2n) is 6.89. The highest BCUT2D eigenvalue weighted by Crippen LogP contribution is 2.48. The van der Waals surface area contributed by atoms with E-state index in [0.717, 1.165) is 42.2 Å². The van der Waals surface area contributed by atoms with Gasteiger partial charge in [0.25, 0.3) is 0 Å². The first-order valence-electron chi connectivity index (χ1n) is 8.35. The van der Waals surface area contributed by atoms with Gasteiger partial charge in [-0.1, -0.05) is 18.6 Å². The maximum Gasteiger partial charge on any atom is 0.119 e. The molecule has 3 nitrogen and oxygen atoms in total. The minimum atomic E-state index is 0.590. The Hall–Kier alpha value is -1.06. The molecule has 3 heteroatoms. The van der Waals surface area contributed by atoms with Gasteiger partial charge in [0.05, 0.1) is 0 Å². The van der Waals surface area contributed by atoms with Crippen LogP contribution in [0, 0.1) is 17.8 Å². The molecule has 0 radical (unpaired) electrons. The Morgan fingerprint density at radius 3 is 2.62 bits per heavy atom. The smallest absolute Gasteiger partial charge is 0.119 e. The van der Waals surface area contributed by atoms with Crippen LogP contribution in [0.3, 0.4) is 0 Å². The van der Waals surface area contributed by atoms with Crippen molar-refractivity contribution in [1.82, 2.24) is 4.90 Å². The highest BCUT2D eigenvalue weighted by atomic mass is 16.5. The third-order valence-corrected chi connectivity index (χ3v) is 5.33. The molecule has 0 aliphatic heterocycles. The van der Waals surface area contributed by atoms with Crippen LogP contribution in [0.4, 0.5) is 0 Å². The minimum absolute atomic E-state index is 0.590. The van der Waals surface area contributed by atoms with Gasteiger partial charge in [-0.05, 0) is 61.8 Å². The Kier molecular flexibility index (Phi) is 4.81. The van der Waals surface area contributed by atoms with E-state index < -0.39 is 0 Å². The van der Waals surface area contributed by atoms with Crippen molar-refractivity contribution in [3.8, 4) is 5.75 Å². The number of nitrogens with zero attached hydrogens (tertiary/aromatic N) is 1. The molecule has 2 fully saturated rings. The van der Waals surface area contributed by atoms with Gasteiger partial charge in [0.15, 0.2) is 0 Å². The molecule has 0 heterocycles. The minimum Gasteiger partial charge on any atom is -0.492 e. The second-order valence-corrected chi connectivity index (χ2v) is 6.89. The van der Waals surface area contributed by atoms with E-state index in [4.69, 9.17) is 10.5 Å². The normalized spacial score (nSPS) is 27.5. The van der Waals surface area contributed by atoms with Crippen LogP contribution >= 0.6 is 0 Å². The zero-order valence-corrected chi connectivity index (χ0v) is 13.1. The predicted molar refractivity (Wildman–Crippen MR) is 86.3 cm³/mol. The largest absolute Gasteiger partial charge is 0.492 e. The fourth-order valence-corrected chi connectivity index (χ4v) is 4.13. The topological polar surface area (TPSA) is 38.5 Å². The summed E-state index contributed by atoms with van der Waals surface area (Å²) in [4.78, 5) is 2.44. The number of nitrogens with two attached hydrogens (primary N) is 1. The van der Waals surface area contributed by atoms with Crippen LogP contribution in [0.5, 0.6) is 5.75 Å². The molecule has 116 valence electrons. The molecule has 0 aromatic heterocycles. The van der Waals surface area contributed by atoms with Gasteiger partial charge in [-0.15, -0.1) is 0 Å². The first-order valence-corrected chi connectivity index (χ1v) is 8.35. The van der Waals surface area contributed by atoms with E-state index in [1.807, 2.05) is 24.3 Å².